The van der Waals surface area contributed by atoms with Gasteiger partial charge in [-0.1, -0.05) is 13.8 Å². The SMILES string of the molecule is CSCCCOC1CCN([C@@H](C)C(C)C)CC1. The lowest BCUT2D eigenvalue weighted by Crippen LogP contribution is -2.44. The molecule has 3 heteroatoms. The summed E-state index contributed by atoms with van der Waals surface area (Å²) in [6.45, 7) is 10.4. The van der Waals surface area contributed by atoms with Crippen LogP contribution in [-0.2, 0) is 4.74 Å². The highest BCUT2D eigenvalue weighted by Crippen LogP contribution is 2.19. The first kappa shape index (κ1) is 15.3. The standard InChI is InChI=1S/C14H29NOS/c1-12(2)13(3)15-8-6-14(7-9-15)16-10-5-11-17-4/h12-14H,5-11H2,1-4H3/t13-/m0/s1. The van der Waals surface area contributed by atoms with E-state index in [4.69, 9.17) is 4.74 Å². The highest BCUT2D eigenvalue weighted by Gasteiger charge is 2.24. The number of thioether (sulfide) groups is 1. The van der Waals surface area contributed by atoms with Crippen LogP contribution in [-0.4, -0.2) is 48.8 Å². The highest BCUT2D eigenvalue weighted by atomic mass is 32.2. The molecule has 0 aromatic heterocycles. The van der Waals surface area contributed by atoms with E-state index in [0.29, 0.717) is 12.1 Å². The van der Waals surface area contributed by atoms with E-state index in [2.05, 4.69) is 31.9 Å². The molecular weight excluding hydrogens is 230 g/mol. The van der Waals surface area contributed by atoms with Crippen molar-refractivity contribution in [2.45, 2.75) is 52.2 Å². The molecule has 1 fully saturated rings. The lowest BCUT2D eigenvalue weighted by atomic mass is 10.00. The first-order valence-corrected chi connectivity index (χ1v) is 8.39. The topological polar surface area (TPSA) is 12.5 Å². The first-order chi connectivity index (χ1) is 8.15. The molecule has 1 atom stereocenters. The summed E-state index contributed by atoms with van der Waals surface area (Å²) >= 11 is 1.91. The van der Waals surface area contributed by atoms with E-state index in [0.717, 1.165) is 12.5 Å². The Labute approximate surface area is 111 Å². The van der Waals surface area contributed by atoms with Crippen molar-refractivity contribution in [2.75, 3.05) is 31.7 Å². The van der Waals surface area contributed by atoms with Crippen LogP contribution in [0.4, 0.5) is 0 Å². The maximum atomic E-state index is 5.93. The third-order valence-corrected chi connectivity index (χ3v) is 4.56. The number of rotatable bonds is 7. The second-order valence-electron chi connectivity index (χ2n) is 5.44. The molecule has 0 aromatic rings. The largest absolute Gasteiger partial charge is 0.378 e. The summed E-state index contributed by atoms with van der Waals surface area (Å²) < 4.78 is 5.93. The van der Waals surface area contributed by atoms with Gasteiger partial charge < -0.3 is 9.64 Å². The van der Waals surface area contributed by atoms with E-state index in [-0.39, 0.29) is 0 Å². The molecular formula is C14H29NOS. The van der Waals surface area contributed by atoms with Crippen LogP contribution >= 0.6 is 11.8 Å². The Kier molecular flexibility index (Phi) is 7.56. The Balaban J connectivity index is 2.13. The van der Waals surface area contributed by atoms with Crippen LogP contribution in [0.15, 0.2) is 0 Å². The minimum Gasteiger partial charge on any atom is -0.378 e. The Morgan fingerprint density at radius 3 is 2.41 bits per heavy atom. The van der Waals surface area contributed by atoms with Gasteiger partial charge in [0.2, 0.25) is 0 Å². The number of hydrogen-bond acceptors (Lipinski definition) is 3. The molecule has 1 saturated heterocycles. The molecule has 1 aliphatic rings. The number of piperidine rings is 1. The second-order valence-corrected chi connectivity index (χ2v) is 6.42. The molecule has 1 aliphatic heterocycles. The lowest BCUT2D eigenvalue weighted by molar-refractivity contribution is -0.00416. The van der Waals surface area contributed by atoms with Crippen molar-refractivity contribution in [3.05, 3.63) is 0 Å². The van der Waals surface area contributed by atoms with Gasteiger partial charge in [-0.05, 0) is 44.1 Å². The van der Waals surface area contributed by atoms with E-state index in [9.17, 15) is 0 Å². The molecule has 0 aliphatic carbocycles. The van der Waals surface area contributed by atoms with Crippen molar-refractivity contribution in [1.29, 1.82) is 0 Å². The highest BCUT2D eigenvalue weighted by molar-refractivity contribution is 7.98. The molecule has 0 amide bonds. The summed E-state index contributed by atoms with van der Waals surface area (Å²) in [5.41, 5.74) is 0. The molecule has 0 bridgehead atoms. The molecule has 1 heterocycles. The maximum absolute atomic E-state index is 5.93. The molecule has 0 aromatic carbocycles. The predicted molar refractivity (Wildman–Crippen MR) is 77.8 cm³/mol. The third-order valence-electron chi connectivity index (χ3n) is 3.86. The van der Waals surface area contributed by atoms with Crippen molar-refractivity contribution in [3.63, 3.8) is 0 Å². The smallest absolute Gasteiger partial charge is 0.0599 e. The van der Waals surface area contributed by atoms with Gasteiger partial charge in [-0.2, -0.15) is 11.8 Å². The molecule has 0 radical (unpaired) electrons. The van der Waals surface area contributed by atoms with Gasteiger partial charge in [0.15, 0.2) is 0 Å². The second kappa shape index (κ2) is 8.39. The van der Waals surface area contributed by atoms with E-state index < -0.39 is 0 Å². The molecule has 102 valence electrons. The number of likely N-dealkylation sites (tertiary alicyclic amines) is 1. The van der Waals surface area contributed by atoms with Crippen LogP contribution in [0.1, 0.15) is 40.0 Å². The Morgan fingerprint density at radius 1 is 1.24 bits per heavy atom. The zero-order chi connectivity index (χ0) is 12.7. The summed E-state index contributed by atoms with van der Waals surface area (Å²) in [5, 5.41) is 0. The Bertz CT molecular complexity index is 191. The molecule has 0 spiro atoms. The van der Waals surface area contributed by atoms with Gasteiger partial charge in [-0.25, -0.2) is 0 Å². The van der Waals surface area contributed by atoms with Gasteiger partial charge in [0, 0.05) is 25.7 Å². The Morgan fingerprint density at radius 2 is 1.88 bits per heavy atom. The van der Waals surface area contributed by atoms with Crippen LogP contribution in [0.3, 0.4) is 0 Å². The summed E-state index contributed by atoms with van der Waals surface area (Å²) in [6.07, 6.45) is 6.31. The average Bonchev–Trinajstić information content (AvgIpc) is 2.34. The normalized spacial score (nSPS) is 21.0. The number of ether oxygens (including phenoxy) is 1. The van der Waals surface area contributed by atoms with Gasteiger partial charge in [-0.15, -0.1) is 0 Å². The Hall–Kier alpha value is 0.270. The van der Waals surface area contributed by atoms with E-state index in [1.54, 1.807) is 0 Å². The van der Waals surface area contributed by atoms with Crippen LogP contribution in [0.5, 0.6) is 0 Å². The van der Waals surface area contributed by atoms with Gasteiger partial charge in [0.25, 0.3) is 0 Å². The van der Waals surface area contributed by atoms with E-state index in [1.807, 2.05) is 11.8 Å². The molecule has 2 nitrogen and oxygen atoms in total. The van der Waals surface area contributed by atoms with Crippen molar-refractivity contribution in [2.24, 2.45) is 5.92 Å². The van der Waals surface area contributed by atoms with Crippen LogP contribution in [0.2, 0.25) is 0 Å². The van der Waals surface area contributed by atoms with Gasteiger partial charge >= 0.3 is 0 Å². The summed E-state index contributed by atoms with van der Waals surface area (Å²) in [7, 11) is 0. The lowest BCUT2D eigenvalue weighted by Gasteiger charge is -2.37. The van der Waals surface area contributed by atoms with Crippen molar-refractivity contribution in [1.82, 2.24) is 4.90 Å². The fourth-order valence-electron chi connectivity index (χ4n) is 2.32. The minimum atomic E-state index is 0.521. The molecule has 0 saturated carbocycles. The predicted octanol–water partition coefficient (Wildman–Crippen LogP) is 3.27. The van der Waals surface area contributed by atoms with Gasteiger partial charge in [0.05, 0.1) is 6.10 Å². The quantitative estimate of drug-likeness (QED) is 0.651. The summed E-state index contributed by atoms with van der Waals surface area (Å²) in [6, 6.07) is 0.715. The summed E-state index contributed by atoms with van der Waals surface area (Å²) in [4.78, 5) is 2.62. The van der Waals surface area contributed by atoms with Crippen LogP contribution in [0, 0.1) is 5.92 Å². The summed E-state index contributed by atoms with van der Waals surface area (Å²) in [5.74, 6) is 1.98. The van der Waals surface area contributed by atoms with Crippen molar-refractivity contribution in [3.8, 4) is 0 Å². The zero-order valence-corrected chi connectivity index (χ0v) is 12.8. The van der Waals surface area contributed by atoms with Crippen LogP contribution in [0.25, 0.3) is 0 Å². The number of hydrogen-bond donors (Lipinski definition) is 0. The van der Waals surface area contributed by atoms with Gasteiger partial charge in [-0.3, -0.25) is 0 Å². The molecule has 0 N–H and O–H groups in total. The number of nitrogens with zero attached hydrogens (tertiary/aromatic N) is 1. The zero-order valence-electron chi connectivity index (χ0n) is 11.9. The van der Waals surface area contributed by atoms with Gasteiger partial charge in [0.1, 0.15) is 0 Å². The van der Waals surface area contributed by atoms with E-state index >= 15 is 0 Å². The fraction of sp³-hybridized carbons (Fsp3) is 1.00. The maximum Gasteiger partial charge on any atom is 0.0599 e. The first-order valence-electron chi connectivity index (χ1n) is 6.99. The van der Waals surface area contributed by atoms with Crippen LogP contribution < -0.4 is 0 Å². The third kappa shape index (κ3) is 5.62. The van der Waals surface area contributed by atoms with Crippen molar-refractivity contribution >= 4 is 11.8 Å². The monoisotopic (exact) mass is 259 g/mol. The molecule has 17 heavy (non-hydrogen) atoms. The average molecular weight is 259 g/mol. The minimum absolute atomic E-state index is 0.521. The van der Waals surface area contributed by atoms with E-state index in [1.165, 1.54) is 38.1 Å². The molecule has 1 rings (SSSR count). The van der Waals surface area contributed by atoms with Crippen molar-refractivity contribution < 1.29 is 4.74 Å². The molecule has 0 unspecified atom stereocenters. The fourth-order valence-corrected chi connectivity index (χ4v) is 2.73.